The number of ether oxygens (including phenoxy) is 1. The first-order valence-electron chi connectivity index (χ1n) is 14.2. The molecule has 0 radical (unpaired) electrons. The van der Waals surface area contributed by atoms with Crippen molar-refractivity contribution in [3.05, 3.63) is 67.8 Å². The highest BCUT2D eigenvalue weighted by Crippen LogP contribution is 2.63. The first-order valence-corrected chi connectivity index (χ1v) is 14.2. The standard InChI is InChI=1S/C32H39N3O5/c1-5-16-33(17-6-2)28(37)25-26-29(38)35(19-20-36)27(32(26)15-14-31(25,4)40-32)30(39)34(18-7-3)24-13-12-22-10-8-9-11-23(22)21-24/h5,7-13,21,25-27,36H,1,3,6,14-20H2,2,4H3/t25-,26-,27?,31+,32?/m0/s1. The molecule has 2 aromatic carbocycles. The van der Waals surface area contributed by atoms with E-state index in [-0.39, 0.29) is 37.4 Å². The molecule has 1 N–H and O–H groups in total. The number of carbonyl (C=O) groups is 3. The van der Waals surface area contributed by atoms with Gasteiger partial charge < -0.3 is 24.5 Å². The van der Waals surface area contributed by atoms with Gasteiger partial charge in [-0.1, -0.05) is 49.4 Å². The number of anilines is 1. The fourth-order valence-electron chi connectivity index (χ4n) is 7.29. The molecule has 0 saturated carbocycles. The predicted octanol–water partition coefficient (Wildman–Crippen LogP) is 3.54. The summed E-state index contributed by atoms with van der Waals surface area (Å²) in [5.41, 5.74) is -1.33. The summed E-state index contributed by atoms with van der Waals surface area (Å²) in [4.78, 5) is 47.5. The molecular weight excluding hydrogens is 506 g/mol. The summed E-state index contributed by atoms with van der Waals surface area (Å²) in [6, 6.07) is 12.8. The number of β-amino-alcohol motifs (C(OH)–C–C–N with tert-alkyl or cyclic N) is 1. The van der Waals surface area contributed by atoms with Gasteiger partial charge in [-0.25, -0.2) is 0 Å². The number of aliphatic hydroxyl groups excluding tert-OH is 1. The largest absolute Gasteiger partial charge is 0.395 e. The van der Waals surface area contributed by atoms with Crippen molar-refractivity contribution >= 4 is 34.2 Å². The molecule has 3 aliphatic rings. The first kappa shape index (κ1) is 28.1. The van der Waals surface area contributed by atoms with E-state index >= 15 is 0 Å². The summed E-state index contributed by atoms with van der Waals surface area (Å²) < 4.78 is 6.74. The quantitative estimate of drug-likeness (QED) is 0.437. The number of rotatable bonds is 11. The Labute approximate surface area is 235 Å². The molecule has 2 unspecified atom stereocenters. The van der Waals surface area contributed by atoms with Crippen molar-refractivity contribution in [3.63, 3.8) is 0 Å². The molecule has 3 saturated heterocycles. The second-order valence-electron chi connectivity index (χ2n) is 11.3. The number of hydrogen-bond donors (Lipinski definition) is 1. The highest BCUT2D eigenvalue weighted by Gasteiger charge is 2.78. The van der Waals surface area contributed by atoms with E-state index in [9.17, 15) is 19.5 Å². The van der Waals surface area contributed by atoms with Crippen molar-refractivity contribution in [2.45, 2.75) is 50.4 Å². The maximum Gasteiger partial charge on any atom is 0.253 e. The fraction of sp³-hybridized carbons (Fsp3) is 0.469. The molecule has 8 nitrogen and oxygen atoms in total. The number of hydrogen-bond acceptors (Lipinski definition) is 5. The van der Waals surface area contributed by atoms with Gasteiger partial charge in [0, 0.05) is 31.9 Å². The Morgan fingerprint density at radius 3 is 2.50 bits per heavy atom. The van der Waals surface area contributed by atoms with E-state index in [0.29, 0.717) is 31.6 Å². The van der Waals surface area contributed by atoms with Crippen LogP contribution in [0.4, 0.5) is 5.69 Å². The number of likely N-dealkylation sites (tertiary alicyclic amines) is 1. The minimum Gasteiger partial charge on any atom is -0.395 e. The van der Waals surface area contributed by atoms with Gasteiger partial charge in [0.05, 0.1) is 24.0 Å². The Morgan fingerprint density at radius 1 is 1.10 bits per heavy atom. The predicted molar refractivity (Wildman–Crippen MR) is 155 cm³/mol. The normalized spacial score (nSPS) is 28.5. The topological polar surface area (TPSA) is 90.4 Å². The molecule has 0 aliphatic carbocycles. The van der Waals surface area contributed by atoms with Crippen LogP contribution in [0, 0.1) is 11.8 Å². The average molecular weight is 546 g/mol. The lowest BCUT2D eigenvalue weighted by Gasteiger charge is -2.37. The van der Waals surface area contributed by atoms with Crippen LogP contribution in [-0.2, 0) is 19.1 Å². The van der Waals surface area contributed by atoms with Crippen molar-refractivity contribution < 1.29 is 24.2 Å². The first-order chi connectivity index (χ1) is 19.3. The van der Waals surface area contributed by atoms with Gasteiger partial charge in [0.1, 0.15) is 11.6 Å². The zero-order chi connectivity index (χ0) is 28.7. The number of benzene rings is 2. The van der Waals surface area contributed by atoms with Crippen LogP contribution in [0.1, 0.15) is 33.1 Å². The monoisotopic (exact) mass is 545 g/mol. The molecule has 8 heteroatoms. The van der Waals surface area contributed by atoms with Gasteiger partial charge >= 0.3 is 0 Å². The summed E-state index contributed by atoms with van der Waals surface area (Å²) in [6.07, 6.45) is 5.17. The SMILES string of the molecule is C=CCN(CCC)C(=O)[C@@H]1[C@H]2C(=O)N(CCO)C(C(=O)N(CC=C)c3ccc4ccccc4c3)C23CC[C@@]1(C)O3. The number of fused-ring (bicyclic) bond motifs is 2. The van der Waals surface area contributed by atoms with Gasteiger partial charge in [0.25, 0.3) is 5.91 Å². The van der Waals surface area contributed by atoms with E-state index in [0.717, 1.165) is 17.2 Å². The number of amides is 3. The lowest BCUT2D eigenvalue weighted by atomic mass is 9.66. The Morgan fingerprint density at radius 2 is 1.82 bits per heavy atom. The molecule has 5 atom stereocenters. The third-order valence-electron chi connectivity index (χ3n) is 8.89. The summed E-state index contributed by atoms with van der Waals surface area (Å²) in [5.74, 6) is -2.26. The zero-order valence-electron chi connectivity index (χ0n) is 23.4. The van der Waals surface area contributed by atoms with Gasteiger partial charge in [-0.05, 0) is 49.1 Å². The molecule has 40 heavy (non-hydrogen) atoms. The second kappa shape index (κ2) is 10.8. The molecular formula is C32H39N3O5. The van der Waals surface area contributed by atoms with E-state index in [4.69, 9.17) is 4.74 Å². The summed E-state index contributed by atoms with van der Waals surface area (Å²) in [7, 11) is 0. The molecule has 2 aromatic rings. The van der Waals surface area contributed by atoms with E-state index in [2.05, 4.69) is 13.2 Å². The smallest absolute Gasteiger partial charge is 0.253 e. The zero-order valence-corrected chi connectivity index (χ0v) is 23.4. The third-order valence-corrected chi connectivity index (χ3v) is 8.89. The van der Waals surface area contributed by atoms with Crippen LogP contribution in [0.5, 0.6) is 0 Å². The molecule has 0 aromatic heterocycles. The van der Waals surface area contributed by atoms with Crippen LogP contribution in [0.15, 0.2) is 67.8 Å². The third kappa shape index (κ3) is 4.25. The van der Waals surface area contributed by atoms with Crippen molar-refractivity contribution in [1.82, 2.24) is 9.80 Å². The van der Waals surface area contributed by atoms with Crippen LogP contribution >= 0.6 is 0 Å². The molecule has 3 fully saturated rings. The van der Waals surface area contributed by atoms with Crippen molar-refractivity contribution in [2.24, 2.45) is 11.8 Å². The molecule has 3 aliphatic heterocycles. The van der Waals surface area contributed by atoms with Crippen molar-refractivity contribution in [1.29, 1.82) is 0 Å². The lowest BCUT2D eigenvalue weighted by molar-refractivity contribution is -0.149. The Balaban J connectivity index is 1.57. The van der Waals surface area contributed by atoms with Gasteiger partial charge in [0.15, 0.2) is 0 Å². The van der Waals surface area contributed by atoms with E-state index in [1.54, 1.807) is 22.0 Å². The molecule has 3 heterocycles. The van der Waals surface area contributed by atoms with Gasteiger partial charge in [-0.15, -0.1) is 13.2 Å². The molecule has 3 amide bonds. The highest BCUT2D eigenvalue weighted by atomic mass is 16.5. The Bertz CT molecular complexity index is 1340. The van der Waals surface area contributed by atoms with Crippen LogP contribution in [0.3, 0.4) is 0 Å². The van der Waals surface area contributed by atoms with E-state index in [1.165, 1.54) is 4.90 Å². The molecule has 5 rings (SSSR count). The van der Waals surface area contributed by atoms with Gasteiger partial charge in [-0.2, -0.15) is 0 Å². The van der Waals surface area contributed by atoms with Crippen LogP contribution < -0.4 is 4.90 Å². The average Bonchev–Trinajstić information content (AvgIpc) is 3.51. The minimum atomic E-state index is -1.15. The van der Waals surface area contributed by atoms with E-state index in [1.807, 2.05) is 56.3 Å². The van der Waals surface area contributed by atoms with Crippen LogP contribution in [0.25, 0.3) is 10.8 Å². The summed E-state index contributed by atoms with van der Waals surface area (Å²) in [6.45, 7) is 12.4. The highest BCUT2D eigenvalue weighted by molar-refractivity contribution is 6.06. The maximum absolute atomic E-state index is 14.6. The summed E-state index contributed by atoms with van der Waals surface area (Å²) >= 11 is 0. The molecule has 2 bridgehead atoms. The Hall–Kier alpha value is -3.49. The maximum atomic E-state index is 14.6. The van der Waals surface area contributed by atoms with Crippen LogP contribution in [0.2, 0.25) is 0 Å². The van der Waals surface area contributed by atoms with Gasteiger partial charge in [-0.3, -0.25) is 14.4 Å². The van der Waals surface area contributed by atoms with Crippen molar-refractivity contribution in [2.75, 3.05) is 37.7 Å². The number of carbonyl (C=O) groups excluding carboxylic acids is 3. The summed E-state index contributed by atoms with van der Waals surface area (Å²) in [5, 5.41) is 12.0. The van der Waals surface area contributed by atoms with Crippen molar-refractivity contribution in [3.8, 4) is 0 Å². The van der Waals surface area contributed by atoms with Gasteiger partial charge in [0.2, 0.25) is 11.8 Å². The Kier molecular flexibility index (Phi) is 7.59. The van der Waals surface area contributed by atoms with Crippen LogP contribution in [-0.4, -0.2) is 82.7 Å². The second-order valence-corrected chi connectivity index (χ2v) is 11.3. The fourth-order valence-corrected chi connectivity index (χ4v) is 7.29. The molecule has 212 valence electrons. The van der Waals surface area contributed by atoms with E-state index < -0.39 is 29.1 Å². The number of nitrogens with zero attached hydrogens (tertiary/aromatic N) is 3. The molecule has 1 spiro atoms. The number of aliphatic hydroxyl groups is 1. The lowest BCUT2D eigenvalue weighted by Crippen LogP contribution is -2.57. The minimum absolute atomic E-state index is 0.0144.